The second kappa shape index (κ2) is 34.7. The molecule has 1 fully saturated rings. The molecule has 0 bridgehead atoms. The SMILES string of the molecule is CCCCCCCCCCCCCCCCCCC(=O)N[C@@H](CO[C@@H]1O[C@H](CO)[C@@H](O)C(O)C1O)[C@H](O)CCCCCCCCCCCCCCC. The molecule has 0 aromatic rings. The predicted octanol–water partition coefficient (Wildman–Crippen LogP) is 8.78. The van der Waals surface area contributed by atoms with Crippen molar-refractivity contribution in [3.63, 3.8) is 0 Å². The van der Waals surface area contributed by atoms with Crippen molar-refractivity contribution in [3.05, 3.63) is 0 Å². The van der Waals surface area contributed by atoms with Crippen molar-refractivity contribution in [1.29, 1.82) is 0 Å². The van der Waals surface area contributed by atoms with Crippen LogP contribution >= 0.6 is 0 Å². The third-order valence-electron chi connectivity index (χ3n) is 11.0. The molecule has 1 rings (SSSR count). The maximum atomic E-state index is 12.9. The first-order valence-electron chi connectivity index (χ1n) is 22.2. The van der Waals surface area contributed by atoms with E-state index in [0.717, 1.165) is 38.5 Å². The molecule has 2 unspecified atom stereocenters. The Morgan fingerprint density at radius 2 is 0.962 bits per heavy atom. The van der Waals surface area contributed by atoms with Crippen LogP contribution in [0.5, 0.6) is 0 Å². The summed E-state index contributed by atoms with van der Waals surface area (Å²) in [5.74, 6) is -0.142. The average Bonchev–Trinajstić information content (AvgIpc) is 3.14. The van der Waals surface area contributed by atoms with E-state index in [4.69, 9.17) is 9.47 Å². The third kappa shape index (κ3) is 25.3. The van der Waals surface area contributed by atoms with Crippen LogP contribution in [0.2, 0.25) is 0 Å². The number of aliphatic hydroxyl groups is 5. The molecule has 0 aromatic carbocycles. The second-order valence-electron chi connectivity index (χ2n) is 15.9. The van der Waals surface area contributed by atoms with E-state index in [2.05, 4.69) is 19.2 Å². The second-order valence-corrected chi connectivity index (χ2v) is 15.9. The van der Waals surface area contributed by atoms with Gasteiger partial charge in [0, 0.05) is 6.42 Å². The fourth-order valence-electron chi connectivity index (χ4n) is 7.34. The summed E-state index contributed by atoms with van der Waals surface area (Å²) >= 11 is 0. The maximum absolute atomic E-state index is 12.9. The summed E-state index contributed by atoms with van der Waals surface area (Å²) in [6.07, 6.45) is 29.6. The van der Waals surface area contributed by atoms with Crippen molar-refractivity contribution in [2.45, 2.75) is 256 Å². The van der Waals surface area contributed by atoms with Gasteiger partial charge in [0.15, 0.2) is 6.29 Å². The Bertz CT molecular complexity index is 786. The molecule has 0 aromatic heterocycles. The Morgan fingerprint density at radius 1 is 0.577 bits per heavy atom. The van der Waals surface area contributed by atoms with Crippen LogP contribution in [0.3, 0.4) is 0 Å². The minimum Gasteiger partial charge on any atom is -0.394 e. The van der Waals surface area contributed by atoms with E-state index in [1.165, 1.54) is 148 Å². The van der Waals surface area contributed by atoms with Gasteiger partial charge in [-0.1, -0.05) is 194 Å². The van der Waals surface area contributed by atoms with Crippen molar-refractivity contribution in [2.75, 3.05) is 13.2 Å². The van der Waals surface area contributed by atoms with Gasteiger partial charge in [-0.25, -0.2) is 0 Å². The summed E-state index contributed by atoms with van der Waals surface area (Å²) in [4.78, 5) is 12.9. The Kier molecular flexibility index (Phi) is 32.8. The highest BCUT2D eigenvalue weighted by Crippen LogP contribution is 2.23. The van der Waals surface area contributed by atoms with Gasteiger partial charge in [-0.05, 0) is 12.8 Å². The number of rotatable bonds is 37. The fraction of sp³-hybridized carbons (Fsp3) is 0.977. The summed E-state index contributed by atoms with van der Waals surface area (Å²) in [5.41, 5.74) is 0. The standard InChI is InChI=1S/C43H85NO8/c1-3-5-7-9-11-13-15-17-18-19-21-23-25-27-29-31-33-39(47)44-36(35-51-43-42(50)41(49)40(48)38(34-45)52-43)37(46)32-30-28-26-24-22-20-16-14-12-10-8-6-4-2/h36-38,40-43,45-46,48-50H,3-35H2,1-2H3,(H,44,47)/t36-,37+,38+,40+,41?,42?,43+/m0/s1. The van der Waals surface area contributed by atoms with E-state index in [0.29, 0.717) is 12.8 Å². The zero-order chi connectivity index (χ0) is 38.1. The van der Waals surface area contributed by atoms with Crippen LogP contribution in [0, 0.1) is 0 Å². The van der Waals surface area contributed by atoms with E-state index in [9.17, 15) is 30.3 Å². The van der Waals surface area contributed by atoms with Crippen molar-refractivity contribution < 1.29 is 39.8 Å². The van der Waals surface area contributed by atoms with Crippen LogP contribution in [0.15, 0.2) is 0 Å². The van der Waals surface area contributed by atoms with Gasteiger partial charge in [0.1, 0.15) is 24.4 Å². The third-order valence-corrected chi connectivity index (χ3v) is 11.0. The first kappa shape index (κ1) is 49.2. The lowest BCUT2D eigenvalue weighted by molar-refractivity contribution is -0.302. The molecule has 0 radical (unpaired) electrons. The molecular formula is C43H85NO8. The summed E-state index contributed by atoms with van der Waals surface area (Å²) in [6, 6.07) is -0.710. The van der Waals surface area contributed by atoms with Crippen LogP contribution in [0.1, 0.15) is 213 Å². The van der Waals surface area contributed by atoms with Crippen LogP contribution < -0.4 is 5.32 Å². The molecule has 1 aliphatic rings. The number of hydrogen-bond donors (Lipinski definition) is 6. The van der Waals surface area contributed by atoms with E-state index in [1.807, 2.05) is 0 Å². The first-order valence-corrected chi connectivity index (χ1v) is 22.2. The highest BCUT2D eigenvalue weighted by Gasteiger charge is 2.44. The largest absolute Gasteiger partial charge is 0.394 e. The lowest BCUT2D eigenvalue weighted by atomic mass is 9.99. The van der Waals surface area contributed by atoms with Gasteiger partial charge in [-0.2, -0.15) is 0 Å². The van der Waals surface area contributed by atoms with Gasteiger partial charge in [0.05, 0.1) is 25.4 Å². The Labute approximate surface area is 319 Å². The summed E-state index contributed by atoms with van der Waals surface area (Å²) in [7, 11) is 0. The number of amides is 1. The lowest BCUT2D eigenvalue weighted by Crippen LogP contribution is -2.60. The minimum absolute atomic E-state index is 0.132. The van der Waals surface area contributed by atoms with E-state index >= 15 is 0 Å². The number of carbonyl (C=O) groups is 1. The Morgan fingerprint density at radius 3 is 1.37 bits per heavy atom. The molecular weight excluding hydrogens is 658 g/mol. The molecule has 310 valence electrons. The highest BCUT2D eigenvalue weighted by atomic mass is 16.7. The minimum atomic E-state index is -1.55. The number of nitrogens with one attached hydrogen (secondary N) is 1. The summed E-state index contributed by atoms with van der Waals surface area (Å²) in [6.45, 7) is 3.84. The molecule has 1 saturated heterocycles. The molecule has 6 N–H and O–H groups in total. The zero-order valence-corrected chi connectivity index (χ0v) is 33.8. The van der Waals surface area contributed by atoms with Crippen molar-refractivity contribution in [2.24, 2.45) is 0 Å². The predicted molar refractivity (Wildman–Crippen MR) is 212 cm³/mol. The van der Waals surface area contributed by atoms with Gasteiger partial charge in [0.25, 0.3) is 0 Å². The number of aliphatic hydroxyl groups excluding tert-OH is 5. The van der Waals surface area contributed by atoms with Crippen LogP contribution in [0.4, 0.5) is 0 Å². The number of unbranched alkanes of at least 4 members (excludes halogenated alkanes) is 27. The highest BCUT2D eigenvalue weighted by molar-refractivity contribution is 5.76. The van der Waals surface area contributed by atoms with Gasteiger partial charge in [-0.3, -0.25) is 4.79 Å². The number of carbonyl (C=O) groups excluding carboxylic acids is 1. The van der Waals surface area contributed by atoms with Crippen molar-refractivity contribution in [1.82, 2.24) is 5.32 Å². The van der Waals surface area contributed by atoms with E-state index in [1.54, 1.807) is 0 Å². The lowest BCUT2D eigenvalue weighted by Gasteiger charge is -2.40. The van der Waals surface area contributed by atoms with Crippen molar-refractivity contribution in [3.8, 4) is 0 Å². The summed E-state index contributed by atoms with van der Waals surface area (Å²) < 4.78 is 11.2. The van der Waals surface area contributed by atoms with Gasteiger partial charge in [0.2, 0.25) is 5.91 Å². The van der Waals surface area contributed by atoms with E-state index < -0.39 is 49.5 Å². The van der Waals surface area contributed by atoms with Gasteiger partial charge >= 0.3 is 0 Å². The first-order chi connectivity index (χ1) is 25.3. The van der Waals surface area contributed by atoms with Crippen LogP contribution in [-0.2, 0) is 14.3 Å². The average molecular weight is 744 g/mol. The van der Waals surface area contributed by atoms with Gasteiger partial charge in [-0.15, -0.1) is 0 Å². The quantitative estimate of drug-likeness (QED) is 0.0346. The van der Waals surface area contributed by atoms with Gasteiger partial charge < -0.3 is 40.3 Å². The molecule has 0 saturated carbocycles. The molecule has 9 heteroatoms. The molecule has 52 heavy (non-hydrogen) atoms. The molecule has 1 amide bonds. The Hall–Kier alpha value is -0.810. The topological polar surface area (TPSA) is 149 Å². The number of ether oxygens (including phenoxy) is 2. The van der Waals surface area contributed by atoms with Crippen molar-refractivity contribution >= 4 is 5.91 Å². The van der Waals surface area contributed by atoms with Crippen LogP contribution in [-0.4, -0.2) is 87.5 Å². The Balaban J connectivity index is 2.33. The normalized spacial score (nSPS) is 21.7. The molecule has 9 nitrogen and oxygen atoms in total. The molecule has 7 atom stereocenters. The molecule has 0 aliphatic carbocycles. The molecule has 1 heterocycles. The van der Waals surface area contributed by atoms with E-state index in [-0.39, 0.29) is 12.5 Å². The molecule has 1 aliphatic heterocycles. The number of hydrogen-bond acceptors (Lipinski definition) is 8. The summed E-state index contributed by atoms with van der Waals surface area (Å²) in [5, 5.41) is 54.2. The zero-order valence-electron chi connectivity index (χ0n) is 33.8. The maximum Gasteiger partial charge on any atom is 0.220 e. The monoisotopic (exact) mass is 744 g/mol. The fourth-order valence-corrected chi connectivity index (χ4v) is 7.34. The smallest absolute Gasteiger partial charge is 0.220 e. The molecule has 0 spiro atoms. The van der Waals surface area contributed by atoms with Crippen LogP contribution in [0.25, 0.3) is 0 Å².